The fraction of sp³-hybridized carbons (Fsp3) is 0.417. The molecule has 1 aliphatic rings. The molecule has 6 heteroatoms. The Bertz CT molecular complexity index is 1010. The molecule has 0 bridgehead atoms. The first-order valence-corrected chi connectivity index (χ1v) is 10.9. The van der Waals surface area contributed by atoms with E-state index in [1.165, 1.54) is 0 Å². The average molecular weight is 404 g/mol. The van der Waals surface area contributed by atoms with Crippen molar-refractivity contribution in [1.82, 2.24) is 20.3 Å². The van der Waals surface area contributed by atoms with Crippen molar-refractivity contribution in [2.75, 3.05) is 18.0 Å². The molecular formula is C24H29N5O. The number of pyridine rings is 1. The van der Waals surface area contributed by atoms with Crippen LogP contribution in [0.1, 0.15) is 39.5 Å². The third-order valence-electron chi connectivity index (χ3n) is 5.70. The van der Waals surface area contributed by atoms with Crippen molar-refractivity contribution in [2.24, 2.45) is 5.92 Å². The Balaban J connectivity index is 1.64. The van der Waals surface area contributed by atoms with Gasteiger partial charge in [-0.05, 0) is 50.5 Å². The van der Waals surface area contributed by atoms with Crippen LogP contribution in [0.25, 0.3) is 22.3 Å². The molecule has 2 aromatic heterocycles. The SMILES string of the molecule is CCCC(C)NC(=O)C1CCCN(c2nc(-c3cccnc3)nc3ccccc23)C1. The van der Waals surface area contributed by atoms with E-state index in [-0.39, 0.29) is 17.9 Å². The largest absolute Gasteiger partial charge is 0.355 e. The second kappa shape index (κ2) is 9.20. The fourth-order valence-corrected chi connectivity index (χ4v) is 4.17. The minimum absolute atomic E-state index is 0.0198. The molecular weight excluding hydrogens is 374 g/mol. The van der Waals surface area contributed by atoms with Gasteiger partial charge in [0, 0.05) is 42.5 Å². The summed E-state index contributed by atoms with van der Waals surface area (Å²) in [6, 6.07) is 12.2. The van der Waals surface area contributed by atoms with Gasteiger partial charge in [-0.25, -0.2) is 9.97 Å². The van der Waals surface area contributed by atoms with Crippen LogP contribution >= 0.6 is 0 Å². The van der Waals surface area contributed by atoms with E-state index in [1.807, 2.05) is 30.3 Å². The summed E-state index contributed by atoms with van der Waals surface area (Å²) in [5, 5.41) is 4.21. The number of para-hydroxylation sites is 1. The number of aromatic nitrogens is 3. The minimum Gasteiger partial charge on any atom is -0.355 e. The van der Waals surface area contributed by atoms with Crippen molar-refractivity contribution in [3.63, 3.8) is 0 Å². The predicted octanol–water partition coefficient (Wildman–Crippen LogP) is 4.21. The number of amides is 1. The van der Waals surface area contributed by atoms with E-state index in [9.17, 15) is 4.79 Å². The lowest BCUT2D eigenvalue weighted by molar-refractivity contribution is -0.125. The molecule has 30 heavy (non-hydrogen) atoms. The highest BCUT2D eigenvalue weighted by molar-refractivity contribution is 5.91. The van der Waals surface area contributed by atoms with Gasteiger partial charge in [0.15, 0.2) is 5.82 Å². The highest BCUT2D eigenvalue weighted by atomic mass is 16.2. The van der Waals surface area contributed by atoms with Gasteiger partial charge in [-0.3, -0.25) is 9.78 Å². The van der Waals surface area contributed by atoms with E-state index >= 15 is 0 Å². The molecule has 0 radical (unpaired) electrons. The molecule has 1 saturated heterocycles. The summed E-state index contributed by atoms with van der Waals surface area (Å²) in [6.07, 6.45) is 7.50. The topological polar surface area (TPSA) is 71.0 Å². The number of carbonyl (C=O) groups is 1. The number of hydrogen-bond acceptors (Lipinski definition) is 5. The maximum atomic E-state index is 12.8. The zero-order valence-electron chi connectivity index (χ0n) is 17.7. The standard InChI is InChI=1S/C24H29N5O/c1-3-8-17(2)26-24(30)19-10-7-14-29(16-19)23-20-11-4-5-12-21(20)27-22(28-23)18-9-6-13-25-15-18/h4-6,9,11-13,15,17,19H,3,7-8,10,14,16H2,1-2H3,(H,26,30). The normalized spacial score (nSPS) is 17.7. The number of rotatable bonds is 6. The molecule has 1 amide bonds. The summed E-state index contributed by atoms with van der Waals surface area (Å²) >= 11 is 0. The number of benzene rings is 1. The summed E-state index contributed by atoms with van der Waals surface area (Å²) in [5.74, 6) is 1.71. The second-order valence-corrected chi connectivity index (χ2v) is 8.11. The molecule has 0 saturated carbocycles. The van der Waals surface area contributed by atoms with Crippen molar-refractivity contribution in [3.05, 3.63) is 48.8 Å². The molecule has 2 atom stereocenters. The van der Waals surface area contributed by atoms with Crippen LogP contribution < -0.4 is 10.2 Å². The molecule has 3 aromatic rings. The highest BCUT2D eigenvalue weighted by Crippen LogP contribution is 2.30. The van der Waals surface area contributed by atoms with Gasteiger partial charge in [-0.1, -0.05) is 25.5 Å². The Morgan fingerprint density at radius 1 is 1.23 bits per heavy atom. The molecule has 2 unspecified atom stereocenters. The van der Waals surface area contributed by atoms with Crippen LogP contribution in [0.3, 0.4) is 0 Å². The van der Waals surface area contributed by atoms with Crippen molar-refractivity contribution < 1.29 is 4.79 Å². The molecule has 0 aliphatic carbocycles. The third kappa shape index (κ3) is 4.42. The lowest BCUT2D eigenvalue weighted by atomic mass is 9.96. The van der Waals surface area contributed by atoms with Gasteiger partial charge in [-0.15, -0.1) is 0 Å². The van der Waals surface area contributed by atoms with Gasteiger partial charge in [0.05, 0.1) is 11.4 Å². The number of nitrogens with zero attached hydrogens (tertiary/aromatic N) is 4. The molecule has 1 N–H and O–H groups in total. The van der Waals surface area contributed by atoms with Crippen LogP contribution in [0.4, 0.5) is 5.82 Å². The Hall–Kier alpha value is -3.02. The first-order chi connectivity index (χ1) is 14.7. The van der Waals surface area contributed by atoms with E-state index in [4.69, 9.17) is 9.97 Å². The van der Waals surface area contributed by atoms with Crippen molar-refractivity contribution in [3.8, 4) is 11.4 Å². The lowest BCUT2D eigenvalue weighted by Crippen LogP contribution is -2.45. The number of nitrogens with one attached hydrogen (secondary N) is 1. The summed E-state index contributed by atoms with van der Waals surface area (Å²) in [5.41, 5.74) is 1.80. The number of fused-ring (bicyclic) bond motifs is 1. The van der Waals surface area contributed by atoms with Gasteiger partial charge in [0.25, 0.3) is 0 Å². The number of piperidine rings is 1. The van der Waals surface area contributed by atoms with Gasteiger partial charge in [-0.2, -0.15) is 0 Å². The molecule has 3 heterocycles. The molecule has 6 nitrogen and oxygen atoms in total. The molecule has 1 aromatic carbocycles. The Morgan fingerprint density at radius 2 is 2.10 bits per heavy atom. The van der Waals surface area contributed by atoms with Crippen LogP contribution in [0.15, 0.2) is 48.8 Å². The van der Waals surface area contributed by atoms with Gasteiger partial charge in [0.1, 0.15) is 5.82 Å². The zero-order chi connectivity index (χ0) is 20.9. The maximum Gasteiger partial charge on any atom is 0.225 e. The maximum absolute atomic E-state index is 12.8. The van der Waals surface area contributed by atoms with Gasteiger partial charge >= 0.3 is 0 Å². The van der Waals surface area contributed by atoms with Crippen LogP contribution in [-0.4, -0.2) is 40.0 Å². The van der Waals surface area contributed by atoms with E-state index in [0.29, 0.717) is 12.4 Å². The average Bonchev–Trinajstić information content (AvgIpc) is 2.79. The quantitative estimate of drug-likeness (QED) is 0.667. The molecule has 156 valence electrons. The Morgan fingerprint density at radius 3 is 2.90 bits per heavy atom. The Labute approximate surface area is 177 Å². The monoisotopic (exact) mass is 403 g/mol. The van der Waals surface area contributed by atoms with E-state index in [0.717, 1.165) is 54.5 Å². The molecule has 4 rings (SSSR count). The van der Waals surface area contributed by atoms with Crippen LogP contribution in [0.5, 0.6) is 0 Å². The van der Waals surface area contributed by atoms with Crippen molar-refractivity contribution in [1.29, 1.82) is 0 Å². The number of hydrogen-bond donors (Lipinski definition) is 1. The predicted molar refractivity (Wildman–Crippen MR) is 120 cm³/mol. The van der Waals surface area contributed by atoms with Crippen molar-refractivity contribution >= 4 is 22.6 Å². The number of anilines is 1. The smallest absolute Gasteiger partial charge is 0.225 e. The highest BCUT2D eigenvalue weighted by Gasteiger charge is 2.28. The zero-order valence-corrected chi connectivity index (χ0v) is 17.7. The second-order valence-electron chi connectivity index (χ2n) is 8.11. The molecule has 1 fully saturated rings. The van der Waals surface area contributed by atoms with Crippen molar-refractivity contribution in [2.45, 2.75) is 45.6 Å². The van der Waals surface area contributed by atoms with E-state index < -0.39 is 0 Å². The summed E-state index contributed by atoms with van der Waals surface area (Å²) in [7, 11) is 0. The fourth-order valence-electron chi connectivity index (χ4n) is 4.17. The van der Waals surface area contributed by atoms with Gasteiger partial charge in [0.2, 0.25) is 5.91 Å². The lowest BCUT2D eigenvalue weighted by Gasteiger charge is -2.34. The van der Waals surface area contributed by atoms with E-state index in [2.05, 4.69) is 35.1 Å². The van der Waals surface area contributed by atoms with E-state index in [1.54, 1.807) is 12.4 Å². The first kappa shape index (κ1) is 20.3. The van der Waals surface area contributed by atoms with Crippen LogP contribution in [0, 0.1) is 5.92 Å². The Kier molecular flexibility index (Phi) is 6.21. The first-order valence-electron chi connectivity index (χ1n) is 10.9. The van der Waals surface area contributed by atoms with Gasteiger partial charge < -0.3 is 10.2 Å². The summed E-state index contributed by atoms with van der Waals surface area (Å²) in [4.78, 5) is 29.0. The molecule has 1 aliphatic heterocycles. The minimum atomic E-state index is -0.0198. The van der Waals surface area contributed by atoms with Crippen LogP contribution in [-0.2, 0) is 4.79 Å². The number of carbonyl (C=O) groups excluding carboxylic acids is 1. The summed E-state index contributed by atoms with van der Waals surface area (Å²) in [6.45, 7) is 5.80. The summed E-state index contributed by atoms with van der Waals surface area (Å²) < 4.78 is 0. The third-order valence-corrected chi connectivity index (χ3v) is 5.70. The molecule has 0 spiro atoms. The van der Waals surface area contributed by atoms with Crippen LogP contribution in [0.2, 0.25) is 0 Å².